The summed E-state index contributed by atoms with van der Waals surface area (Å²) < 4.78 is 31.7. The average Bonchev–Trinajstić information content (AvgIpc) is 2.60. The van der Waals surface area contributed by atoms with Crippen LogP contribution in [-0.2, 0) is 6.54 Å². The number of nitrogens with zero attached hydrogens (tertiary/aromatic N) is 2. The van der Waals surface area contributed by atoms with Gasteiger partial charge in [0.2, 0.25) is 0 Å². The number of benzene rings is 2. The van der Waals surface area contributed by atoms with E-state index in [1.165, 1.54) is 24.3 Å². The van der Waals surface area contributed by atoms with Crippen LogP contribution < -0.4 is 10.1 Å². The van der Waals surface area contributed by atoms with Crippen LogP contribution >= 0.6 is 24.0 Å². The molecule has 0 unspecified atom stereocenters. The molecule has 2 rings (SSSR count). The molecule has 5 nitrogen and oxygen atoms in total. The summed E-state index contributed by atoms with van der Waals surface area (Å²) in [6.45, 7) is 1.32. The Bertz CT molecular complexity index is 727. The summed E-state index contributed by atoms with van der Waals surface area (Å²) in [7, 11) is 3.50. The van der Waals surface area contributed by atoms with Crippen molar-refractivity contribution < 1.29 is 18.6 Å². The highest BCUT2D eigenvalue weighted by Gasteiger charge is 2.07. The van der Waals surface area contributed by atoms with E-state index in [0.717, 1.165) is 0 Å². The Morgan fingerprint density at radius 3 is 2.50 bits per heavy atom. The standard InChI is InChI=1S/C18H21F2N3O2.HI/c1-21-18(22-12-13-3-8-17(24)16(20)11-13)23(2)9-10-25-15-6-4-14(19)5-7-15;/h3-8,11,24H,9-10,12H2,1-2H3,(H,21,22);1H. The lowest BCUT2D eigenvalue weighted by atomic mass is 10.2. The largest absolute Gasteiger partial charge is 0.505 e. The Morgan fingerprint density at radius 2 is 1.88 bits per heavy atom. The van der Waals surface area contributed by atoms with Crippen LogP contribution in [0.1, 0.15) is 5.56 Å². The predicted molar refractivity (Wildman–Crippen MR) is 108 cm³/mol. The second-order valence-corrected chi connectivity index (χ2v) is 5.41. The molecule has 0 heterocycles. The van der Waals surface area contributed by atoms with Crippen LogP contribution in [0.3, 0.4) is 0 Å². The number of hydrogen-bond acceptors (Lipinski definition) is 3. The van der Waals surface area contributed by atoms with Crippen molar-refractivity contribution in [2.45, 2.75) is 6.54 Å². The van der Waals surface area contributed by atoms with Gasteiger partial charge in [-0.05, 0) is 42.0 Å². The number of phenolic OH excluding ortho intramolecular Hbond substituents is 1. The highest BCUT2D eigenvalue weighted by atomic mass is 127. The van der Waals surface area contributed by atoms with Gasteiger partial charge in [-0.2, -0.15) is 0 Å². The molecule has 8 heteroatoms. The molecule has 2 aromatic carbocycles. The number of phenols is 1. The minimum absolute atomic E-state index is 0. The minimum Gasteiger partial charge on any atom is -0.505 e. The number of ether oxygens (including phenoxy) is 1. The van der Waals surface area contributed by atoms with E-state index in [0.29, 0.717) is 37.0 Å². The summed E-state index contributed by atoms with van der Waals surface area (Å²) >= 11 is 0. The first kappa shape index (κ1) is 21.9. The maximum Gasteiger partial charge on any atom is 0.193 e. The number of hydrogen-bond donors (Lipinski definition) is 2. The number of likely N-dealkylation sites (N-methyl/N-ethyl adjacent to an activating group) is 1. The Kier molecular flexibility index (Phi) is 9.11. The Morgan fingerprint density at radius 1 is 1.19 bits per heavy atom. The van der Waals surface area contributed by atoms with Crippen molar-refractivity contribution in [3.05, 3.63) is 59.7 Å². The number of aliphatic imine (C=N–C) groups is 1. The topological polar surface area (TPSA) is 57.1 Å². The molecule has 2 aromatic rings. The summed E-state index contributed by atoms with van der Waals surface area (Å²) in [6.07, 6.45) is 0. The zero-order chi connectivity index (χ0) is 18.2. The van der Waals surface area contributed by atoms with E-state index in [4.69, 9.17) is 4.74 Å². The molecule has 0 saturated carbocycles. The maximum atomic E-state index is 13.3. The van der Waals surface area contributed by atoms with Crippen molar-refractivity contribution in [1.29, 1.82) is 0 Å². The van der Waals surface area contributed by atoms with Gasteiger partial charge in [-0.25, -0.2) is 8.78 Å². The lowest BCUT2D eigenvalue weighted by Crippen LogP contribution is -2.40. The lowest BCUT2D eigenvalue weighted by Gasteiger charge is -2.22. The summed E-state index contributed by atoms with van der Waals surface area (Å²) in [6, 6.07) is 10.1. The van der Waals surface area contributed by atoms with Crippen molar-refractivity contribution in [2.75, 3.05) is 27.2 Å². The first-order chi connectivity index (χ1) is 12.0. The van der Waals surface area contributed by atoms with Gasteiger partial charge < -0.3 is 20.1 Å². The molecule has 0 fully saturated rings. The first-order valence-electron chi connectivity index (χ1n) is 7.77. The van der Waals surface area contributed by atoms with Gasteiger partial charge in [-0.3, -0.25) is 4.99 Å². The number of nitrogens with one attached hydrogen (secondary N) is 1. The molecule has 0 aliphatic heterocycles. The molecule has 0 aromatic heterocycles. The lowest BCUT2D eigenvalue weighted by molar-refractivity contribution is 0.281. The zero-order valence-electron chi connectivity index (χ0n) is 14.6. The third kappa shape index (κ3) is 6.66. The maximum absolute atomic E-state index is 13.3. The van der Waals surface area contributed by atoms with Gasteiger partial charge in [0.05, 0.1) is 6.54 Å². The molecule has 0 amide bonds. The van der Waals surface area contributed by atoms with E-state index >= 15 is 0 Å². The second-order valence-electron chi connectivity index (χ2n) is 5.41. The summed E-state index contributed by atoms with van der Waals surface area (Å²) in [5.74, 6) is -0.119. The van der Waals surface area contributed by atoms with Gasteiger partial charge >= 0.3 is 0 Å². The molecular formula is C18H22F2IN3O2. The number of rotatable bonds is 6. The fraction of sp³-hybridized carbons (Fsp3) is 0.278. The normalized spacial score (nSPS) is 10.8. The van der Waals surface area contributed by atoms with Crippen LogP contribution in [0, 0.1) is 11.6 Å². The van der Waals surface area contributed by atoms with E-state index in [1.54, 1.807) is 25.2 Å². The fourth-order valence-electron chi connectivity index (χ4n) is 2.16. The predicted octanol–water partition coefficient (Wildman–Crippen LogP) is 3.37. The molecule has 0 spiro atoms. The monoisotopic (exact) mass is 477 g/mol. The molecular weight excluding hydrogens is 455 g/mol. The molecule has 0 radical (unpaired) electrons. The van der Waals surface area contributed by atoms with Crippen molar-refractivity contribution in [3.8, 4) is 11.5 Å². The van der Waals surface area contributed by atoms with Gasteiger partial charge in [0.1, 0.15) is 18.2 Å². The Balaban J connectivity index is 0.00000338. The smallest absolute Gasteiger partial charge is 0.193 e. The molecule has 0 aliphatic rings. The van der Waals surface area contributed by atoms with Gasteiger partial charge in [0.15, 0.2) is 17.5 Å². The molecule has 142 valence electrons. The Hall–Kier alpha value is -2.10. The average molecular weight is 477 g/mol. The van der Waals surface area contributed by atoms with E-state index in [9.17, 15) is 13.9 Å². The van der Waals surface area contributed by atoms with Crippen LogP contribution in [0.2, 0.25) is 0 Å². The molecule has 0 saturated heterocycles. The second kappa shape index (κ2) is 10.8. The fourth-order valence-corrected chi connectivity index (χ4v) is 2.16. The van der Waals surface area contributed by atoms with Gasteiger partial charge in [-0.15, -0.1) is 24.0 Å². The zero-order valence-corrected chi connectivity index (χ0v) is 16.9. The van der Waals surface area contributed by atoms with Crippen molar-refractivity contribution in [2.24, 2.45) is 4.99 Å². The highest BCUT2D eigenvalue weighted by molar-refractivity contribution is 14.0. The molecule has 0 bridgehead atoms. The van der Waals surface area contributed by atoms with E-state index in [-0.39, 0.29) is 35.5 Å². The van der Waals surface area contributed by atoms with Gasteiger partial charge in [-0.1, -0.05) is 6.07 Å². The van der Waals surface area contributed by atoms with Crippen molar-refractivity contribution >= 4 is 29.9 Å². The Labute approximate surface area is 168 Å². The quantitative estimate of drug-likeness (QED) is 0.381. The number of halogens is 3. The van der Waals surface area contributed by atoms with E-state index < -0.39 is 5.82 Å². The van der Waals surface area contributed by atoms with Crippen LogP contribution in [0.4, 0.5) is 8.78 Å². The van der Waals surface area contributed by atoms with Crippen molar-refractivity contribution in [3.63, 3.8) is 0 Å². The van der Waals surface area contributed by atoms with Gasteiger partial charge in [0.25, 0.3) is 0 Å². The summed E-state index contributed by atoms with van der Waals surface area (Å²) in [5.41, 5.74) is 0.687. The first-order valence-corrected chi connectivity index (χ1v) is 7.77. The van der Waals surface area contributed by atoms with Gasteiger partial charge in [0, 0.05) is 20.6 Å². The van der Waals surface area contributed by atoms with Crippen molar-refractivity contribution in [1.82, 2.24) is 10.2 Å². The van der Waals surface area contributed by atoms with Crippen LogP contribution in [0.15, 0.2) is 47.5 Å². The third-order valence-corrected chi connectivity index (χ3v) is 3.55. The third-order valence-electron chi connectivity index (χ3n) is 3.55. The molecule has 26 heavy (non-hydrogen) atoms. The SMILES string of the molecule is CN=C(NCc1ccc(O)c(F)c1)N(C)CCOc1ccc(F)cc1.I. The number of guanidine groups is 1. The van der Waals surface area contributed by atoms with Crippen LogP contribution in [0.25, 0.3) is 0 Å². The highest BCUT2D eigenvalue weighted by Crippen LogP contribution is 2.16. The van der Waals surface area contributed by atoms with E-state index in [2.05, 4.69) is 10.3 Å². The van der Waals surface area contributed by atoms with Crippen LogP contribution in [-0.4, -0.2) is 43.2 Å². The minimum atomic E-state index is -0.657. The number of aromatic hydroxyl groups is 1. The summed E-state index contributed by atoms with van der Waals surface area (Å²) in [4.78, 5) is 6.02. The molecule has 0 atom stereocenters. The molecule has 2 N–H and O–H groups in total. The summed E-state index contributed by atoms with van der Waals surface area (Å²) in [5, 5.41) is 12.3. The molecule has 0 aliphatic carbocycles. The van der Waals surface area contributed by atoms with Crippen LogP contribution in [0.5, 0.6) is 11.5 Å². The van der Waals surface area contributed by atoms with E-state index in [1.807, 2.05) is 11.9 Å².